The fourth-order valence-corrected chi connectivity index (χ4v) is 4.10. The first-order chi connectivity index (χ1) is 16.3. The lowest BCUT2D eigenvalue weighted by molar-refractivity contribution is -0.115. The highest BCUT2D eigenvalue weighted by Crippen LogP contribution is 2.35. The van der Waals surface area contributed by atoms with Crippen molar-refractivity contribution in [1.82, 2.24) is 14.8 Å². The highest BCUT2D eigenvalue weighted by atomic mass is 16.1. The molecule has 2 aromatic heterocycles. The lowest BCUT2D eigenvalue weighted by Crippen LogP contribution is -2.21. The lowest BCUT2D eigenvalue weighted by atomic mass is 9.86. The molecular weight excluding hydrogens is 424 g/mol. The van der Waals surface area contributed by atoms with E-state index in [-0.39, 0.29) is 23.3 Å². The number of aryl methyl sites for hydroxylation is 2. The summed E-state index contributed by atoms with van der Waals surface area (Å²) in [7, 11) is 0. The van der Waals surface area contributed by atoms with Gasteiger partial charge in [-0.15, -0.1) is 0 Å². The summed E-state index contributed by atoms with van der Waals surface area (Å²) in [6, 6.07) is 14.9. The predicted octanol–water partition coefficient (Wildman–Crippen LogP) is 4.83. The smallest absolute Gasteiger partial charge is 0.252 e. The first-order valence-corrected chi connectivity index (χ1v) is 11.9. The highest BCUT2D eigenvalue weighted by Gasteiger charge is 2.24. The number of unbranched alkanes of at least 4 members (excludes halogenated alkanes) is 1. The Morgan fingerprint density at radius 1 is 1.06 bits per heavy atom. The van der Waals surface area contributed by atoms with E-state index >= 15 is 0 Å². The Morgan fingerprint density at radius 2 is 1.85 bits per heavy atom. The van der Waals surface area contributed by atoms with Gasteiger partial charge < -0.3 is 9.88 Å². The van der Waals surface area contributed by atoms with Crippen LogP contribution < -0.4 is 10.9 Å². The molecule has 4 rings (SSSR count). The van der Waals surface area contributed by atoms with Crippen LogP contribution in [0.25, 0.3) is 6.08 Å². The highest BCUT2D eigenvalue weighted by molar-refractivity contribution is 5.92. The summed E-state index contributed by atoms with van der Waals surface area (Å²) in [4.78, 5) is 24.7. The first kappa shape index (κ1) is 23.6. The van der Waals surface area contributed by atoms with E-state index in [1.165, 1.54) is 17.2 Å². The van der Waals surface area contributed by atoms with Crippen LogP contribution in [-0.4, -0.2) is 20.7 Å². The van der Waals surface area contributed by atoms with E-state index in [1.807, 2.05) is 30.3 Å². The summed E-state index contributed by atoms with van der Waals surface area (Å²) in [5, 5.41) is 11.7. The maximum atomic E-state index is 12.5. The number of amides is 1. The molecule has 0 spiro atoms. The minimum Gasteiger partial charge on any atom is -0.326 e. The second-order valence-electron chi connectivity index (χ2n) is 9.95. The number of anilines is 1. The summed E-state index contributed by atoms with van der Waals surface area (Å²) < 4.78 is 1.68. The zero-order chi connectivity index (χ0) is 24.1. The summed E-state index contributed by atoms with van der Waals surface area (Å²) in [6.45, 7) is 7.31. The van der Waals surface area contributed by atoms with Crippen molar-refractivity contribution in [2.75, 3.05) is 5.32 Å². The molecule has 1 aliphatic carbocycles. The topological polar surface area (TPSA) is 76.9 Å². The van der Waals surface area contributed by atoms with Crippen LogP contribution in [0.2, 0.25) is 0 Å². The predicted molar refractivity (Wildman–Crippen MR) is 136 cm³/mol. The van der Waals surface area contributed by atoms with Gasteiger partial charge in [0.1, 0.15) is 0 Å². The lowest BCUT2D eigenvalue weighted by Gasteiger charge is -2.19. The number of pyridine rings is 1. The number of hydrogen-bond acceptors (Lipinski definition) is 4. The molecule has 6 nitrogen and oxygen atoms in total. The number of benzene rings is 1. The quantitative estimate of drug-likeness (QED) is 0.493. The Bertz CT molecular complexity index is 1250. The largest absolute Gasteiger partial charge is 0.326 e. The van der Waals surface area contributed by atoms with Crippen LogP contribution in [0.4, 0.5) is 5.69 Å². The Kier molecular flexibility index (Phi) is 7.06. The van der Waals surface area contributed by atoms with Gasteiger partial charge in [0.15, 0.2) is 0 Å². The molecule has 1 aliphatic rings. The zero-order valence-corrected chi connectivity index (χ0v) is 20.2. The minimum absolute atomic E-state index is 0.116. The minimum atomic E-state index is -0.136. The molecule has 0 saturated carbocycles. The molecule has 1 aromatic carbocycles. The van der Waals surface area contributed by atoms with Crippen LogP contribution in [0.1, 0.15) is 56.1 Å². The van der Waals surface area contributed by atoms with Crippen LogP contribution >= 0.6 is 0 Å². The molecule has 0 fully saturated rings. The van der Waals surface area contributed by atoms with E-state index in [2.05, 4.69) is 48.4 Å². The number of nitrogens with zero attached hydrogens (tertiary/aromatic N) is 3. The third kappa shape index (κ3) is 6.07. The third-order valence-electron chi connectivity index (χ3n) is 6.17. The second kappa shape index (κ2) is 10.2. The molecule has 2 heterocycles. The average molecular weight is 457 g/mol. The maximum absolute atomic E-state index is 12.5. The molecule has 0 aliphatic heterocycles. The molecule has 1 N–H and O–H groups in total. The van der Waals surface area contributed by atoms with Crippen molar-refractivity contribution in [2.45, 2.75) is 59.4 Å². The van der Waals surface area contributed by atoms with E-state index < -0.39 is 0 Å². The molecule has 34 heavy (non-hydrogen) atoms. The van der Waals surface area contributed by atoms with Gasteiger partial charge in [-0.2, -0.15) is 10.2 Å². The number of nitrogens with one attached hydrogen (secondary N) is 1. The molecule has 0 atom stereocenters. The standard InChI is InChI=1S/C28H32N4O2/c1-28(2,3)22-16-21-17-24(30-31-25(21)18-22)11-7-8-13-32-14-12-23(19-27(32)34)29-26(33)15-20-9-5-4-6-10-20/h4-6,9-10,12,14,16-17,19H,7-8,11,13,15,18H2,1-3H3,(H,29,33). The average Bonchev–Trinajstić information content (AvgIpc) is 3.23. The van der Waals surface area contributed by atoms with Crippen molar-refractivity contribution >= 4 is 17.7 Å². The summed E-state index contributed by atoms with van der Waals surface area (Å²) in [5.74, 6) is -0.136. The molecule has 176 valence electrons. The van der Waals surface area contributed by atoms with E-state index in [1.54, 1.807) is 16.8 Å². The van der Waals surface area contributed by atoms with Gasteiger partial charge in [-0.3, -0.25) is 9.59 Å². The molecule has 0 saturated heterocycles. The van der Waals surface area contributed by atoms with Crippen LogP contribution in [0.3, 0.4) is 0 Å². The Morgan fingerprint density at radius 3 is 2.59 bits per heavy atom. The van der Waals surface area contributed by atoms with Crippen molar-refractivity contribution in [1.29, 1.82) is 0 Å². The normalized spacial score (nSPS) is 12.9. The van der Waals surface area contributed by atoms with E-state index in [9.17, 15) is 9.59 Å². The van der Waals surface area contributed by atoms with Gasteiger partial charge in [-0.05, 0) is 47.9 Å². The molecule has 0 radical (unpaired) electrons. The summed E-state index contributed by atoms with van der Waals surface area (Å²) in [6.07, 6.45) is 7.79. The van der Waals surface area contributed by atoms with Gasteiger partial charge in [0.05, 0.1) is 17.8 Å². The fourth-order valence-electron chi connectivity index (χ4n) is 4.10. The van der Waals surface area contributed by atoms with Crippen molar-refractivity contribution in [3.63, 3.8) is 0 Å². The number of allylic oxidation sites excluding steroid dienone is 1. The fraction of sp³-hybridized carbons (Fsp3) is 0.357. The monoisotopic (exact) mass is 456 g/mol. The number of rotatable bonds is 8. The van der Waals surface area contributed by atoms with Crippen molar-refractivity contribution in [3.05, 3.63) is 93.2 Å². The van der Waals surface area contributed by atoms with E-state index in [4.69, 9.17) is 0 Å². The maximum Gasteiger partial charge on any atom is 0.252 e. The Hall–Kier alpha value is -3.54. The summed E-state index contributed by atoms with van der Waals surface area (Å²) in [5.41, 5.74) is 6.14. The molecule has 3 aromatic rings. The van der Waals surface area contributed by atoms with Gasteiger partial charge >= 0.3 is 0 Å². The van der Waals surface area contributed by atoms with Crippen LogP contribution in [0.15, 0.2) is 65.1 Å². The number of aromatic nitrogens is 3. The van der Waals surface area contributed by atoms with E-state index in [0.29, 0.717) is 12.2 Å². The number of hydrogen-bond donors (Lipinski definition) is 1. The molecular formula is C28H32N4O2. The van der Waals surface area contributed by atoms with Crippen LogP contribution in [-0.2, 0) is 30.6 Å². The molecule has 1 amide bonds. The van der Waals surface area contributed by atoms with Crippen molar-refractivity contribution in [3.8, 4) is 0 Å². The van der Waals surface area contributed by atoms with Crippen molar-refractivity contribution < 1.29 is 4.79 Å². The van der Waals surface area contributed by atoms with Gasteiger partial charge in [0.25, 0.3) is 5.56 Å². The van der Waals surface area contributed by atoms with Crippen molar-refractivity contribution in [2.24, 2.45) is 5.41 Å². The molecule has 6 heteroatoms. The third-order valence-corrected chi connectivity index (χ3v) is 6.17. The second-order valence-corrected chi connectivity index (χ2v) is 9.95. The Balaban J connectivity index is 1.26. The van der Waals surface area contributed by atoms with Crippen LogP contribution in [0.5, 0.6) is 0 Å². The summed E-state index contributed by atoms with van der Waals surface area (Å²) >= 11 is 0. The van der Waals surface area contributed by atoms with E-state index in [0.717, 1.165) is 42.6 Å². The van der Waals surface area contributed by atoms with Gasteiger partial charge in [-0.25, -0.2) is 0 Å². The number of carbonyl (C=O) groups excluding carboxylic acids is 1. The zero-order valence-electron chi connectivity index (χ0n) is 20.2. The number of fused-ring (bicyclic) bond motifs is 1. The molecule has 0 bridgehead atoms. The Labute approximate surface area is 200 Å². The van der Waals surface area contributed by atoms with Gasteiger partial charge in [-0.1, -0.05) is 62.8 Å². The first-order valence-electron chi connectivity index (χ1n) is 11.9. The SMILES string of the molecule is CC(C)(C)C1=Cc2cc(CCCCn3ccc(NC(=O)Cc4ccccc4)cc3=O)nnc2C1. The van der Waals surface area contributed by atoms with Gasteiger partial charge in [0.2, 0.25) is 5.91 Å². The number of carbonyl (C=O) groups is 1. The van der Waals surface area contributed by atoms with Crippen LogP contribution in [0, 0.1) is 5.41 Å². The molecule has 0 unspecified atom stereocenters. The van der Waals surface area contributed by atoms with Gasteiger partial charge in [0, 0.05) is 30.9 Å².